The van der Waals surface area contributed by atoms with E-state index in [2.05, 4.69) is 10.2 Å². The number of fused-ring (bicyclic) bond motifs is 1. The van der Waals surface area contributed by atoms with Crippen LogP contribution in [-0.2, 0) is 41.5 Å². The first-order chi connectivity index (χ1) is 16.1. The van der Waals surface area contributed by atoms with Gasteiger partial charge >= 0.3 is 6.18 Å². The largest absolute Gasteiger partial charge is 0.451 e. The molecule has 0 fully saturated rings. The Morgan fingerprint density at radius 1 is 1.09 bits per heavy atom. The van der Waals surface area contributed by atoms with E-state index in [1.54, 1.807) is 20.8 Å². The van der Waals surface area contributed by atoms with E-state index in [4.69, 9.17) is 0 Å². The van der Waals surface area contributed by atoms with Crippen molar-refractivity contribution in [2.24, 2.45) is 0 Å². The maximum Gasteiger partial charge on any atom is 0.451 e. The lowest BCUT2D eigenvalue weighted by Crippen LogP contribution is -2.46. The van der Waals surface area contributed by atoms with Gasteiger partial charge in [-0.3, -0.25) is 4.79 Å². The highest BCUT2D eigenvalue weighted by molar-refractivity contribution is 7.84. The number of hydrogen-bond acceptors (Lipinski definition) is 4. The highest BCUT2D eigenvalue weighted by Gasteiger charge is 2.40. The molecule has 7 nitrogen and oxygen atoms in total. The number of hydrogen-bond donors (Lipinski definition) is 0. The lowest BCUT2D eigenvalue weighted by Gasteiger charge is -2.34. The van der Waals surface area contributed by atoms with Crippen LogP contribution in [0.1, 0.15) is 44.4 Å². The second kappa shape index (κ2) is 9.88. The number of carbonyl (C=O) groups excluding carboxylic acids is 1. The van der Waals surface area contributed by atoms with Gasteiger partial charge in [-0.1, -0.05) is 0 Å². The predicted molar refractivity (Wildman–Crippen MR) is 115 cm³/mol. The van der Waals surface area contributed by atoms with E-state index >= 15 is 0 Å². The van der Waals surface area contributed by atoms with E-state index in [0.717, 1.165) is 4.57 Å². The molecule has 0 radical (unpaired) electrons. The summed E-state index contributed by atoms with van der Waals surface area (Å²) in [6, 6.07) is 0.213. The summed E-state index contributed by atoms with van der Waals surface area (Å²) in [5.41, 5.74) is -0.201. The summed E-state index contributed by atoms with van der Waals surface area (Å²) in [4.78, 5) is 14.4. The average molecular weight is 526 g/mol. The van der Waals surface area contributed by atoms with Gasteiger partial charge in [0.1, 0.15) is 5.82 Å². The van der Waals surface area contributed by atoms with Crippen LogP contribution in [0.4, 0.5) is 26.3 Å². The minimum absolute atomic E-state index is 0.0354. The average Bonchev–Trinajstić information content (AvgIpc) is 3.19. The van der Waals surface area contributed by atoms with E-state index in [0.29, 0.717) is 12.1 Å². The summed E-state index contributed by atoms with van der Waals surface area (Å²) in [6.45, 7) is 4.66. The van der Waals surface area contributed by atoms with E-state index in [1.807, 2.05) is 0 Å². The van der Waals surface area contributed by atoms with Gasteiger partial charge in [0.05, 0.1) is 22.3 Å². The molecule has 2 aromatic rings. The van der Waals surface area contributed by atoms with Crippen LogP contribution in [0, 0.1) is 17.5 Å². The zero-order valence-electron chi connectivity index (χ0n) is 19.5. The molecule has 1 aliphatic heterocycles. The third kappa shape index (κ3) is 6.02. The molecule has 0 N–H and O–H groups in total. The monoisotopic (exact) mass is 525 g/mol. The molecule has 194 valence electrons. The zero-order valence-corrected chi connectivity index (χ0v) is 20.3. The Morgan fingerprint density at radius 2 is 1.71 bits per heavy atom. The van der Waals surface area contributed by atoms with E-state index in [1.165, 1.54) is 16.3 Å². The van der Waals surface area contributed by atoms with Crippen LogP contribution in [0.5, 0.6) is 0 Å². The van der Waals surface area contributed by atoms with Crippen LogP contribution in [0.25, 0.3) is 0 Å². The molecule has 1 aromatic carbocycles. The van der Waals surface area contributed by atoms with Crippen molar-refractivity contribution in [1.29, 1.82) is 0 Å². The van der Waals surface area contributed by atoms with Crippen molar-refractivity contribution in [2.45, 2.75) is 63.7 Å². The third-order valence-electron chi connectivity index (χ3n) is 5.61. The van der Waals surface area contributed by atoms with Crippen molar-refractivity contribution in [1.82, 2.24) is 24.0 Å². The molecule has 1 aliphatic rings. The van der Waals surface area contributed by atoms with Crippen molar-refractivity contribution in [3.63, 3.8) is 0 Å². The molecule has 0 spiro atoms. The fraction of sp³-hybridized carbons (Fsp3) is 0.571. The summed E-state index contributed by atoms with van der Waals surface area (Å²) in [5, 5.41) is 6.72. The Morgan fingerprint density at radius 3 is 2.31 bits per heavy atom. The van der Waals surface area contributed by atoms with Gasteiger partial charge in [-0.25, -0.2) is 21.7 Å². The Bertz CT molecular complexity index is 1130. The quantitative estimate of drug-likeness (QED) is 0.428. The van der Waals surface area contributed by atoms with Gasteiger partial charge in [-0.2, -0.15) is 13.2 Å². The first kappa shape index (κ1) is 27.1. The number of halogens is 6. The van der Waals surface area contributed by atoms with Gasteiger partial charge in [-0.05, 0) is 38.8 Å². The van der Waals surface area contributed by atoms with Gasteiger partial charge < -0.3 is 9.47 Å². The predicted octanol–water partition coefficient (Wildman–Crippen LogP) is 3.45. The number of likely N-dealkylation sites (N-methyl/N-ethyl adjacent to an activating group) is 1. The maximum absolute atomic E-state index is 14.3. The van der Waals surface area contributed by atoms with E-state index < -0.39 is 57.1 Å². The maximum atomic E-state index is 14.3. The Hall–Kier alpha value is -2.48. The van der Waals surface area contributed by atoms with Crippen molar-refractivity contribution < 1.29 is 35.3 Å². The van der Waals surface area contributed by atoms with Crippen molar-refractivity contribution >= 4 is 16.9 Å². The first-order valence-electron chi connectivity index (χ1n) is 10.6. The van der Waals surface area contributed by atoms with Gasteiger partial charge in [0.25, 0.3) is 0 Å². The number of nitrogens with zero attached hydrogens (tertiary/aromatic N) is 5. The minimum Gasteiger partial charge on any atom is -0.333 e. The van der Waals surface area contributed by atoms with Crippen LogP contribution in [-0.4, -0.2) is 58.5 Å². The molecule has 35 heavy (non-hydrogen) atoms. The summed E-state index contributed by atoms with van der Waals surface area (Å²) >= 11 is 0. The van der Waals surface area contributed by atoms with Crippen LogP contribution in [0.2, 0.25) is 0 Å². The smallest absolute Gasteiger partial charge is 0.333 e. The lowest BCUT2D eigenvalue weighted by molar-refractivity contribution is -0.148. The Kier molecular flexibility index (Phi) is 7.65. The third-order valence-corrected chi connectivity index (χ3v) is 7.48. The summed E-state index contributed by atoms with van der Waals surface area (Å²) in [6.07, 6.45) is -5.23. The summed E-state index contributed by atoms with van der Waals surface area (Å²) in [5.74, 6) is -5.32. The molecule has 2 heterocycles. The van der Waals surface area contributed by atoms with Crippen LogP contribution >= 0.6 is 0 Å². The molecular weight excluding hydrogens is 500 g/mol. The number of aromatic nitrogens is 3. The molecule has 0 bridgehead atoms. The molecular formula is C21H25F6N5O2S. The highest BCUT2D eigenvalue weighted by atomic mass is 32.2. The molecule has 3 rings (SSSR count). The van der Waals surface area contributed by atoms with Crippen LogP contribution in [0.15, 0.2) is 12.1 Å². The molecule has 14 heteroatoms. The van der Waals surface area contributed by atoms with Crippen molar-refractivity contribution in [3.05, 3.63) is 46.8 Å². The SMILES string of the molecule is CN([C@@H](CC(=O)N1CCn2c(nnc2C(F)(F)F)C1)Cc1cc(F)c(F)cc1F)S(=O)C(C)(C)C. The molecule has 1 amide bonds. The second-order valence-electron chi connectivity index (χ2n) is 9.23. The minimum atomic E-state index is -4.68. The Labute approximate surface area is 200 Å². The van der Waals surface area contributed by atoms with Gasteiger partial charge in [0.15, 0.2) is 17.5 Å². The normalized spacial score (nSPS) is 16.4. The summed E-state index contributed by atoms with van der Waals surface area (Å²) < 4.78 is 95.2. The fourth-order valence-electron chi connectivity index (χ4n) is 3.78. The van der Waals surface area contributed by atoms with Gasteiger partial charge in [0.2, 0.25) is 11.7 Å². The van der Waals surface area contributed by atoms with Gasteiger partial charge in [0, 0.05) is 38.7 Å². The Balaban J connectivity index is 1.83. The molecule has 1 unspecified atom stereocenters. The molecule has 0 aliphatic carbocycles. The lowest BCUT2D eigenvalue weighted by atomic mass is 10.0. The zero-order chi connectivity index (χ0) is 26.3. The standard InChI is InChI=1S/C21H25F6N5O2S/c1-20(2,3)35(34)30(4)13(7-12-8-15(23)16(24)10-14(12)22)9-18(33)31-5-6-32-17(11-31)28-29-19(32)21(25,26)27/h8,10,13H,5-7,9,11H2,1-4H3/t13-,35?/m1/s1. The molecule has 0 saturated carbocycles. The summed E-state index contributed by atoms with van der Waals surface area (Å²) in [7, 11) is -0.174. The number of rotatable bonds is 6. The first-order valence-corrected chi connectivity index (χ1v) is 11.8. The molecule has 0 saturated heterocycles. The van der Waals surface area contributed by atoms with Gasteiger partial charge in [-0.15, -0.1) is 10.2 Å². The second-order valence-corrected chi connectivity index (χ2v) is 11.5. The van der Waals surface area contributed by atoms with Crippen molar-refractivity contribution in [3.8, 4) is 0 Å². The fourth-order valence-corrected chi connectivity index (χ4v) is 5.07. The highest BCUT2D eigenvalue weighted by Crippen LogP contribution is 2.30. The topological polar surface area (TPSA) is 71.3 Å². The number of amides is 1. The van der Waals surface area contributed by atoms with E-state index in [-0.39, 0.29) is 43.9 Å². The van der Waals surface area contributed by atoms with Crippen LogP contribution < -0.4 is 0 Å². The molecule has 1 aromatic heterocycles. The van der Waals surface area contributed by atoms with Crippen molar-refractivity contribution in [2.75, 3.05) is 13.6 Å². The number of carbonyl (C=O) groups is 1. The van der Waals surface area contributed by atoms with E-state index in [9.17, 15) is 35.3 Å². The molecule has 2 atom stereocenters. The number of alkyl halides is 3. The number of benzene rings is 1. The van der Waals surface area contributed by atoms with Crippen LogP contribution in [0.3, 0.4) is 0 Å².